The van der Waals surface area contributed by atoms with E-state index < -0.39 is 0 Å². The van der Waals surface area contributed by atoms with Crippen LogP contribution in [0, 0.1) is 5.92 Å². The minimum atomic E-state index is 0.0387. The average Bonchev–Trinajstić information content (AvgIpc) is 2.41. The van der Waals surface area contributed by atoms with E-state index in [0.717, 1.165) is 38.1 Å². The fourth-order valence-corrected chi connectivity index (χ4v) is 2.51. The van der Waals surface area contributed by atoms with Gasteiger partial charge in [-0.05, 0) is 43.7 Å². The molecular weight excluding hydrogens is 208 g/mol. The van der Waals surface area contributed by atoms with Gasteiger partial charge in [0.15, 0.2) is 0 Å². The maximum Gasteiger partial charge on any atom is 0.237 e. The summed E-state index contributed by atoms with van der Waals surface area (Å²) in [4.78, 5) is 11.6. The summed E-state index contributed by atoms with van der Waals surface area (Å²) < 4.78 is 0. The van der Waals surface area contributed by atoms with E-state index in [1.54, 1.807) is 0 Å². The van der Waals surface area contributed by atoms with Gasteiger partial charge in [0.25, 0.3) is 0 Å². The fourth-order valence-electron chi connectivity index (χ4n) is 1.82. The molecule has 0 radical (unpaired) electrons. The zero-order chi connectivity index (χ0) is 11.1. The molecule has 1 amide bonds. The zero-order valence-electron chi connectivity index (χ0n) is 9.71. The summed E-state index contributed by atoms with van der Waals surface area (Å²) in [5.41, 5.74) is 0. The Labute approximate surface area is 96.8 Å². The number of rotatable bonds is 5. The molecule has 1 rings (SSSR count). The van der Waals surface area contributed by atoms with Crippen LogP contribution in [0.3, 0.4) is 0 Å². The summed E-state index contributed by atoms with van der Waals surface area (Å²) in [6.07, 6.45) is 5.37. The molecule has 3 nitrogen and oxygen atoms in total. The molecule has 15 heavy (non-hydrogen) atoms. The molecule has 1 saturated heterocycles. The van der Waals surface area contributed by atoms with E-state index in [9.17, 15) is 4.79 Å². The van der Waals surface area contributed by atoms with E-state index in [0.29, 0.717) is 5.92 Å². The summed E-state index contributed by atoms with van der Waals surface area (Å²) in [6, 6.07) is 0.0387. The Morgan fingerprint density at radius 2 is 2.40 bits per heavy atom. The van der Waals surface area contributed by atoms with Gasteiger partial charge in [0.05, 0.1) is 6.04 Å². The first-order valence-electron chi connectivity index (χ1n) is 5.74. The highest BCUT2D eigenvalue weighted by atomic mass is 32.2. The van der Waals surface area contributed by atoms with Crippen molar-refractivity contribution in [1.29, 1.82) is 0 Å². The van der Waals surface area contributed by atoms with Crippen molar-refractivity contribution < 1.29 is 4.79 Å². The van der Waals surface area contributed by atoms with Crippen LogP contribution >= 0.6 is 11.8 Å². The second-order valence-corrected chi connectivity index (χ2v) is 5.22. The van der Waals surface area contributed by atoms with Gasteiger partial charge in [-0.2, -0.15) is 11.8 Å². The third-order valence-corrected chi connectivity index (χ3v) is 3.60. The molecule has 1 aliphatic rings. The van der Waals surface area contributed by atoms with Crippen LogP contribution in [0.25, 0.3) is 0 Å². The number of carbonyl (C=O) groups excluding carboxylic acids is 1. The number of hydrogen-bond acceptors (Lipinski definition) is 3. The van der Waals surface area contributed by atoms with E-state index >= 15 is 0 Å². The van der Waals surface area contributed by atoms with Gasteiger partial charge >= 0.3 is 0 Å². The van der Waals surface area contributed by atoms with E-state index in [1.807, 2.05) is 11.8 Å². The van der Waals surface area contributed by atoms with Crippen molar-refractivity contribution in [2.75, 3.05) is 25.1 Å². The largest absolute Gasteiger partial charge is 0.355 e. The number of thioether (sulfide) groups is 1. The molecule has 2 unspecified atom stereocenters. The summed E-state index contributed by atoms with van der Waals surface area (Å²) in [5, 5.41) is 6.31. The molecule has 0 spiro atoms. The third kappa shape index (κ3) is 4.89. The lowest BCUT2D eigenvalue weighted by Crippen LogP contribution is -2.44. The molecule has 88 valence electrons. The van der Waals surface area contributed by atoms with Crippen molar-refractivity contribution in [2.45, 2.75) is 32.2 Å². The molecule has 0 aliphatic carbocycles. The molecule has 4 heteroatoms. The third-order valence-electron chi connectivity index (χ3n) is 2.70. The van der Waals surface area contributed by atoms with E-state index in [1.165, 1.54) is 0 Å². The number of amides is 1. The lowest BCUT2D eigenvalue weighted by molar-refractivity contribution is -0.122. The Kier molecular flexibility index (Phi) is 6.10. The summed E-state index contributed by atoms with van der Waals surface area (Å²) in [5.74, 6) is 1.97. The second-order valence-electron chi connectivity index (χ2n) is 4.31. The number of carbonyl (C=O) groups is 1. The van der Waals surface area contributed by atoms with Gasteiger partial charge in [-0.25, -0.2) is 0 Å². The molecular formula is C11H22N2OS. The Hall–Kier alpha value is -0.220. The SMILES string of the molecule is CSCC(C)CNC1CCCCNC1=O. The first-order valence-corrected chi connectivity index (χ1v) is 7.13. The highest BCUT2D eigenvalue weighted by molar-refractivity contribution is 7.98. The Bertz CT molecular complexity index is 199. The average molecular weight is 230 g/mol. The number of nitrogens with one attached hydrogen (secondary N) is 2. The van der Waals surface area contributed by atoms with Gasteiger partial charge in [-0.15, -0.1) is 0 Å². The van der Waals surface area contributed by atoms with Gasteiger partial charge in [0, 0.05) is 6.54 Å². The van der Waals surface area contributed by atoms with Crippen molar-refractivity contribution in [2.24, 2.45) is 5.92 Å². The van der Waals surface area contributed by atoms with Gasteiger partial charge in [-0.3, -0.25) is 4.79 Å². The van der Waals surface area contributed by atoms with Crippen LogP contribution < -0.4 is 10.6 Å². The normalized spacial score (nSPS) is 24.4. The highest BCUT2D eigenvalue weighted by Gasteiger charge is 2.20. The van der Waals surface area contributed by atoms with Crippen molar-refractivity contribution in [3.63, 3.8) is 0 Å². The van der Waals surface area contributed by atoms with Gasteiger partial charge in [0.1, 0.15) is 0 Å². The molecule has 0 aromatic heterocycles. The zero-order valence-corrected chi connectivity index (χ0v) is 10.5. The van der Waals surface area contributed by atoms with Crippen LogP contribution in [0.15, 0.2) is 0 Å². The fraction of sp³-hybridized carbons (Fsp3) is 0.909. The molecule has 0 bridgehead atoms. The van der Waals surface area contributed by atoms with Crippen LogP contribution in [0.4, 0.5) is 0 Å². The van der Waals surface area contributed by atoms with Crippen LogP contribution in [0.5, 0.6) is 0 Å². The molecule has 1 fully saturated rings. The van der Waals surface area contributed by atoms with Gasteiger partial charge in [0.2, 0.25) is 5.91 Å². The molecule has 0 aromatic carbocycles. The van der Waals surface area contributed by atoms with Crippen molar-refractivity contribution in [1.82, 2.24) is 10.6 Å². The monoisotopic (exact) mass is 230 g/mol. The highest BCUT2D eigenvalue weighted by Crippen LogP contribution is 2.07. The Morgan fingerprint density at radius 1 is 1.60 bits per heavy atom. The number of hydrogen-bond donors (Lipinski definition) is 2. The van der Waals surface area contributed by atoms with Crippen molar-refractivity contribution >= 4 is 17.7 Å². The summed E-state index contributed by atoms with van der Waals surface area (Å²) in [6.45, 7) is 4.01. The first kappa shape index (κ1) is 12.8. The van der Waals surface area contributed by atoms with Gasteiger partial charge < -0.3 is 10.6 Å². The molecule has 2 N–H and O–H groups in total. The van der Waals surface area contributed by atoms with Crippen LogP contribution in [-0.4, -0.2) is 37.0 Å². The predicted molar refractivity (Wildman–Crippen MR) is 66.2 cm³/mol. The summed E-state index contributed by atoms with van der Waals surface area (Å²) >= 11 is 1.86. The van der Waals surface area contributed by atoms with Crippen molar-refractivity contribution in [3.05, 3.63) is 0 Å². The van der Waals surface area contributed by atoms with Crippen LogP contribution in [0.2, 0.25) is 0 Å². The summed E-state index contributed by atoms with van der Waals surface area (Å²) in [7, 11) is 0. The molecule has 2 atom stereocenters. The van der Waals surface area contributed by atoms with E-state index in [4.69, 9.17) is 0 Å². The standard InChI is InChI=1S/C11H22N2OS/c1-9(8-15-2)7-13-10-5-3-4-6-12-11(10)14/h9-10,13H,3-8H2,1-2H3,(H,12,14). The van der Waals surface area contributed by atoms with Crippen LogP contribution in [-0.2, 0) is 4.79 Å². The van der Waals surface area contributed by atoms with Crippen LogP contribution in [0.1, 0.15) is 26.2 Å². The predicted octanol–water partition coefficient (Wildman–Crippen LogP) is 1.24. The topological polar surface area (TPSA) is 41.1 Å². The van der Waals surface area contributed by atoms with E-state index in [2.05, 4.69) is 23.8 Å². The molecule has 0 aromatic rings. The smallest absolute Gasteiger partial charge is 0.237 e. The quantitative estimate of drug-likeness (QED) is 0.747. The van der Waals surface area contributed by atoms with E-state index in [-0.39, 0.29) is 11.9 Å². The molecule has 0 saturated carbocycles. The minimum absolute atomic E-state index is 0.0387. The minimum Gasteiger partial charge on any atom is -0.355 e. The van der Waals surface area contributed by atoms with Gasteiger partial charge in [-0.1, -0.05) is 6.92 Å². The Balaban J connectivity index is 2.26. The lowest BCUT2D eigenvalue weighted by atomic mass is 10.1. The molecule has 1 heterocycles. The first-order chi connectivity index (χ1) is 7.24. The maximum atomic E-state index is 11.6. The second kappa shape index (κ2) is 7.12. The lowest BCUT2D eigenvalue weighted by Gasteiger charge is -2.18. The maximum absolute atomic E-state index is 11.6. The van der Waals surface area contributed by atoms with Crippen molar-refractivity contribution in [3.8, 4) is 0 Å². The molecule has 1 aliphatic heterocycles. The Morgan fingerprint density at radius 3 is 3.13 bits per heavy atom.